The van der Waals surface area contributed by atoms with Crippen molar-refractivity contribution in [3.05, 3.63) is 11.6 Å². The van der Waals surface area contributed by atoms with E-state index < -0.39 is 5.60 Å². The maximum atomic E-state index is 12.1. The van der Waals surface area contributed by atoms with Gasteiger partial charge in [-0.15, -0.1) is 0 Å². The van der Waals surface area contributed by atoms with Crippen LogP contribution in [0.5, 0.6) is 0 Å². The largest absolute Gasteiger partial charge is 0.387 e. The summed E-state index contributed by atoms with van der Waals surface area (Å²) >= 11 is 0. The number of hydrogen-bond acceptors (Lipinski definition) is 3. The van der Waals surface area contributed by atoms with Gasteiger partial charge in [-0.3, -0.25) is 9.69 Å². The van der Waals surface area contributed by atoms with Crippen LogP contribution in [0.2, 0.25) is 0 Å². The van der Waals surface area contributed by atoms with Gasteiger partial charge < -0.3 is 5.11 Å². The van der Waals surface area contributed by atoms with Crippen LogP contribution in [0.25, 0.3) is 0 Å². The topological polar surface area (TPSA) is 40.5 Å². The van der Waals surface area contributed by atoms with E-state index in [9.17, 15) is 9.90 Å². The highest BCUT2D eigenvalue weighted by atomic mass is 16.3. The van der Waals surface area contributed by atoms with E-state index in [0.717, 1.165) is 25.4 Å². The second kappa shape index (κ2) is 5.20. The summed E-state index contributed by atoms with van der Waals surface area (Å²) in [7, 11) is 0. The second-order valence-electron chi connectivity index (χ2n) is 7.56. The number of carbonyl (C=O) groups excluding carboxylic acids is 1. The molecule has 1 heterocycles. The summed E-state index contributed by atoms with van der Waals surface area (Å²) in [6.45, 7) is 8.45. The third-order valence-corrected chi connectivity index (χ3v) is 6.55. The van der Waals surface area contributed by atoms with Crippen molar-refractivity contribution in [1.82, 2.24) is 4.90 Å². The van der Waals surface area contributed by atoms with Crippen molar-refractivity contribution in [2.75, 3.05) is 13.1 Å². The van der Waals surface area contributed by atoms with Gasteiger partial charge in [-0.2, -0.15) is 0 Å². The average molecular weight is 291 g/mol. The van der Waals surface area contributed by atoms with Gasteiger partial charge in [-0.1, -0.05) is 11.6 Å². The molecule has 1 aliphatic heterocycles. The van der Waals surface area contributed by atoms with E-state index in [2.05, 4.69) is 24.8 Å². The molecule has 0 bridgehead atoms. The van der Waals surface area contributed by atoms with Crippen molar-refractivity contribution in [3.8, 4) is 0 Å². The van der Waals surface area contributed by atoms with E-state index in [1.807, 2.05) is 6.92 Å². The lowest BCUT2D eigenvalue weighted by molar-refractivity contribution is -0.179. The standard InChI is InChI=1S/C18H29NO2/c1-4-13(2)17-9-10-19(12-15-5-6-15)14(3)18(17,21)8-7-16(20)11-17/h4,14-15,21H,5-12H2,1-3H3/b13-4-. The molecule has 3 fully saturated rings. The number of aliphatic hydroxyl groups is 1. The molecule has 1 saturated heterocycles. The normalized spacial score (nSPS) is 42.0. The molecule has 0 amide bonds. The first-order valence-electron chi connectivity index (χ1n) is 8.54. The van der Waals surface area contributed by atoms with Gasteiger partial charge >= 0.3 is 0 Å². The van der Waals surface area contributed by atoms with Gasteiger partial charge in [0.05, 0.1) is 5.60 Å². The SMILES string of the molecule is C/C=C(/C)C12CCN(CC3CC3)C(C)C1(O)CCC(=O)C2. The molecule has 0 spiro atoms. The maximum Gasteiger partial charge on any atom is 0.134 e. The van der Waals surface area contributed by atoms with Crippen molar-refractivity contribution in [3.63, 3.8) is 0 Å². The van der Waals surface area contributed by atoms with Crippen molar-refractivity contribution in [1.29, 1.82) is 0 Å². The van der Waals surface area contributed by atoms with Crippen molar-refractivity contribution in [2.24, 2.45) is 11.3 Å². The lowest BCUT2D eigenvalue weighted by atomic mass is 9.53. The lowest BCUT2D eigenvalue weighted by Crippen LogP contribution is -2.68. The summed E-state index contributed by atoms with van der Waals surface area (Å²) in [5.41, 5.74) is 0.136. The second-order valence-corrected chi connectivity index (χ2v) is 7.56. The fraction of sp³-hybridized carbons (Fsp3) is 0.833. The fourth-order valence-corrected chi connectivity index (χ4v) is 4.73. The Morgan fingerprint density at radius 2 is 2.14 bits per heavy atom. The quantitative estimate of drug-likeness (QED) is 0.813. The molecule has 3 unspecified atom stereocenters. The third kappa shape index (κ3) is 2.29. The Kier molecular flexibility index (Phi) is 3.77. The van der Waals surface area contributed by atoms with Crippen LogP contribution in [0.1, 0.15) is 59.3 Å². The molecule has 0 aromatic heterocycles. The van der Waals surface area contributed by atoms with Gasteiger partial charge in [0, 0.05) is 30.8 Å². The predicted molar refractivity (Wildman–Crippen MR) is 84.0 cm³/mol. The summed E-state index contributed by atoms with van der Waals surface area (Å²) in [6.07, 6.45) is 7.41. The molecule has 3 heteroatoms. The number of fused-ring (bicyclic) bond motifs is 1. The van der Waals surface area contributed by atoms with E-state index in [4.69, 9.17) is 0 Å². The Morgan fingerprint density at radius 1 is 1.43 bits per heavy atom. The number of ketones is 1. The molecule has 3 rings (SSSR count). The molecule has 3 aliphatic rings. The molecule has 118 valence electrons. The van der Waals surface area contributed by atoms with Crippen LogP contribution < -0.4 is 0 Å². The highest BCUT2D eigenvalue weighted by molar-refractivity contribution is 5.81. The molecule has 21 heavy (non-hydrogen) atoms. The zero-order valence-electron chi connectivity index (χ0n) is 13.7. The van der Waals surface area contributed by atoms with Crippen LogP contribution in [0.4, 0.5) is 0 Å². The molecular weight excluding hydrogens is 262 g/mol. The van der Waals surface area contributed by atoms with Crippen LogP contribution in [-0.4, -0.2) is 40.5 Å². The van der Waals surface area contributed by atoms with Crippen molar-refractivity contribution < 1.29 is 9.90 Å². The molecule has 0 radical (unpaired) electrons. The van der Waals surface area contributed by atoms with Crippen molar-refractivity contribution in [2.45, 2.75) is 70.9 Å². The summed E-state index contributed by atoms with van der Waals surface area (Å²) in [6, 6.07) is 0.148. The molecule has 3 nitrogen and oxygen atoms in total. The first-order valence-corrected chi connectivity index (χ1v) is 8.54. The minimum Gasteiger partial charge on any atom is -0.387 e. The molecule has 0 aromatic rings. The zero-order chi connectivity index (χ0) is 15.3. The molecular formula is C18H29NO2. The highest BCUT2D eigenvalue weighted by Gasteiger charge is 2.60. The predicted octanol–water partition coefficient (Wildman–Crippen LogP) is 2.93. The number of allylic oxidation sites excluding steroid dienone is 1. The summed E-state index contributed by atoms with van der Waals surface area (Å²) in [4.78, 5) is 14.6. The minimum absolute atomic E-state index is 0.148. The Hall–Kier alpha value is -0.670. The maximum absolute atomic E-state index is 12.1. The smallest absolute Gasteiger partial charge is 0.134 e. The van der Waals surface area contributed by atoms with E-state index in [1.165, 1.54) is 18.4 Å². The molecule has 2 saturated carbocycles. The lowest BCUT2D eigenvalue weighted by Gasteiger charge is -2.60. The number of carbonyl (C=O) groups is 1. The summed E-state index contributed by atoms with van der Waals surface area (Å²) in [5, 5.41) is 11.6. The molecule has 2 aliphatic carbocycles. The van der Waals surface area contributed by atoms with Crippen molar-refractivity contribution >= 4 is 5.78 Å². The van der Waals surface area contributed by atoms with Gasteiger partial charge in [0.1, 0.15) is 5.78 Å². The number of nitrogens with zero attached hydrogens (tertiary/aromatic N) is 1. The van der Waals surface area contributed by atoms with Gasteiger partial charge in [-0.05, 0) is 58.9 Å². The van der Waals surface area contributed by atoms with Crippen LogP contribution in [0.15, 0.2) is 11.6 Å². The first-order chi connectivity index (χ1) is 9.93. The number of Topliss-reactive ketones (excluding diaryl/α,β-unsaturated/α-hetero) is 1. The third-order valence-electron chi connectivity index (χ3n) is 6.55. The van der Waals surface area contributed by atoms with Gasteiger partial charge in [0.15, 0.2) is 0 Å². The molecule has 1 N–H and O–H groups in total. The van der Waals surface area contributed by atoms with Gasteiger partial charge in [-0.25, -0.2) is 0 Å². The molecule has 0 aromatic carbocycles. The Bertz CT molecular complexity index is 468. The summed E-state index contributed by atoms with van der Waals surface area (Å²) in [5.74, 6) is 1.17. The van der Waals surface area contributed by atoms with Gasteiger partial charge in [0.2, 0.25) is 0 Å². The van der Waals surface area contributed by atoms with E-state index in [0.29, 0.717) is 25.0 Å². The van der Waals surface area contributed by atoms with Crippen LogP contribution in [0, 0.1) is 11.3 Å². The number of rotatable bonds is 3. The number of piperidine rings is 1. The van der Waals surface area contributed by atoms with Crippen LogP contribution >= 0.6 is 0 Å². The number of likely N-dealkylation sites (tertiary alicyclic amines) is 1. The first kappa shape index (κ1) is 15.2. The number of hydrogen-bond donors (Lipinski definition) is 1. The highest BCUT2D eigenvalue weighted by Crippen LogP contribution is 2.55. The Labute approximate surface area is 128 Å². The summed E-state index contributed by atoms with van der Waals surface area (Å²) < 4.78 is 0. The van der Waals surface area contributed by atoms with Crippen LogP contribution in [-0.2, 0) is 4.79 Å². The minimum atomic E-state index is -0.745. The fourth-order valence-electron chi connectivity index (χ4n) is 4.73. The van der Waals surface area contributed by atoms with E-state index in [1.54, 1.807) is 0 Å². The monoisotopic (exact) mass is 291 g/mol. The van der Waals surface area contributed by atoms with E-state index >= 15 is 0 Å². The average Bonchev–Trinajstić information content (AvgIpc) is 3.28. The molecule has 3 atom stereocenters. The Balaban J connectivity index is 1.93. The van der Waals surface area contributed by atoms with Crippen LogP contribution in [0.3, 0.4) is 0 Å². The van der Waals surface area contributed by atoms with E-state index in [-0.39, 0.29) is 11.5 Å². The zero-order valence-corrected chi connectivity index (χ0v) is 13.7. The van der Waals surface area contributed by atoms with Gasteiger partial charge in [0.25, 0.3) is 0 Å². The Morgan fingerprint density at radius 3 is 2.76 bits per heavy atom.